The first-order valence-electron chi connectivity index (χ1n) is 8.23. The van der Waals surface area contributed by atoms with Crippen LogP contribution in [0.2, 0.25) is 18.1 Å². The first-order chi connectivity index (χ1) is 9.22. The fourth-order valence-corrected chi connectivity index (χ4v) is 3.80. The molecule has 0 saturated carbocycles. The third-order valence-corrected chi connectivity index (χ3v) is 9.30. The molecule has 1 aliphatic rings. The zero-order valence-electron chi connectivity index (χ0n) is 14.4. The Balaban J connectivity index is 2.41. The first-order valence-corrected chi connectivity index (χ1v) is 11.1. The van der Waals surface area contributed by atoms with E-state index in [1.54, 1.807) is 0 Å². The molecule has 0 amide bonds. The van der Waals surface area contributed by atoms with Crippen molar-refractivity contribution >= 4 is 8.32 Å². The molecule has 0 unspecified atom stereocenters. The summed E-state index contributed by atoms with van der Waals surface area (Å²) in [5, 5.41) is 0.301. The van der Waals surface area contributed by atoms with Gasteiger partial charge in [-0.1, -0.05) is 51.5 Å². The highest BCUT2D eigenvalue weighted by Crippen LogP contribution is 2.37. The second-order valence-corrected chi connectivity index (χ2v) is 12.5. The lowest BCUT2D eigenvalue weighted by Crippen LogP contribution is -2.43. The molecule has 0 fully saturated rings. The van der Waals surface area contributed by atoms with Crippen LogP contribution in [-0.4, -0.2) is 14.4 Å². The van der Waals surface area contributed by atoms with Crippen molar-refractivity contribution in [2.75, 3.05) is 0 Å². The van der Waals surface area contributed by atoms with Gasteiger partial charge >= 0.3 is 0 Å². The Morgan fingerprint density at radius 3 is 2.65 bits per heavy atom. The molecule has 0 saturated heterocycles. The van der Waals surface area contributed by atoms with Gasteiger partial charge in [0.2, 0.25) is 0 Å². The van der Waals surface area contributed by atoms with E-state index in [0.29, 0.717) is 17.1 Å². The fourth-order valence-electron chi connectivity index (χ4n) is 2.34. The molecule has 2 heteroatoms. The van der Waals surface area contributed by atoms with Crippen LogP contribution >= 0.6 is 0 Å². The Hall–Kier alpha value is -0.343. The predicted molar refractivity (Wildman–Crippen MR) is 92.6 cm³/mol. The quantitative estimate of drug-likeness (QED) is 0.440. The van der Waals surface area contributed by atoms with E-state index in [1.807, 2.05) is 0 Å². The minimum absolute atomic E-state index is 0.301. The lowest BCUT2D eigenvalue weighted by atomic mass is 10.0. The molecular weight excluding hydrogens is 260 g/mol. The van der Waals surface area contributed by atoms with E-state index in [0.717, 1.165) is 6.42 Å². The Kier molecular flexibility index (Phi) is 6.73. The monoisotopic (exact) mass is 294 g/mol. The van der Waals surface area contributed by atoms with Gasteiger partial charge in [0, 0.05) is 6.10 Å². The summed E-state index contributed by atoms with van der Waals surface area (Å²) in [4.78, 5) is 0. The second-order valence-electron chi connectivity index (χ2n) is 7.73. The first kappa shape index (κ1) is 17.7. The molecule has 0 N–H and O–H groups in total. The summed E-state index contributed by atoms with van der Waals surface area (Å²) in [5.41, 5.74) is 0. The Labute approximate surface area is 127 Å². The van der Waals surface area contributed by atoms with Crippen LogP contribution in [0.3, 0.4) is 0 Å². The van der Waals surface area contributed by atoms with Gasteiger partial charge in [0.15, 0.2) is 8.32 Å². The summed E-state index contributed by atoms with van der Waals surface area (Å²) in [5.74, 6) is 0.651. The van der Waals surface area contributed by atoms with Crippen molar-refractivity contribution in [1.29, 1.82) is 0 Å². The van der Waals surface area contributed by atoms with Crippen LogP contribution in [0.1, 0.15) is 59.8 Å². The van der Waals surface area contributed by atoms with Crippen LogP contribution in [0.25, 0.3) is 0 Å². The lowest BCUT2D eigenvalue weighted by molar-refractivity contribution is 0.202. The molecule has 0 radical (unpaired) electrons. The smallest absolute Gasteiger partial charge is 0.192 e. The van der Waals surface area contributed by atoms with Gasteiger partial charge in [-0.2, -0.15) is 0 Å². The van der Waals surface area contributed by atoms with Crippen molar-refractivity contribution in [3.05, 3.63) is 24.3 Å². The number of hydrogen-bond donors (Lipinski definition) is 0. The molecular formula is C18H34OSi. The van der Waals surface area contributed by atoms with Gasteiger partial charge in [0.25, 0.3) is 0 Å². The molecule has 0 bridgehead atoms. The molecule has 116 valence electrons. The fraction of sp³-hybridized carbons (Fsp3) is 0.778. The van der Waals surface area contributed by atoms with Crippen LogP contribution in [0.15, 0.2) is 24.3 Å². The van der Waals surface area contributed by atoms with Gasteiger partial charge in [-0.25, -0.2) is 0 Å². The highest BCUT2D eigenvalue weighted by molar-refractivity contribution is 6.74. The zero-order valence-corrected chi connectivity index (χ0v) is 15.4. The second kappa shape index (κ2) is 7.60. The van der Waals surface area contributed by atoms with E-state index in [4.69, 9.17) is 4.43 Å². The minimum Gasteiger partial charge on any atom is -0.414 e. The topological polar surface area (TPSA) is 9.23 Å². The molecule has 0 aromatic heterocycles. The lowest BCUT2D eigenvalue weighted by Gasteiger charge is -2.38. The van der Waals surface area contributed by atoms with Gasteiger partial charge in [0.05, 0.1) is 0 Å². The highest BCUT2D eigenvalue weighted by Gasteiger charge is 2.38. The van der Waals surface area contributed by atoms with E-state index in [9.17, 15) is 0 Å². The van der Waals surface area contributed by atoms with Crippen molar-refractivity contribution in [2.24, 2.45) is 5.92 Å². The van der Waals surface area contributed by atoms with Gasteiger partial charge in [-0.3, -0.25) is 0 Å². The molecule has 1 nitrogen and oxygen atoms in total. The van der Waals surface area contributed by atoms with Crippen LogP contribution < -0.4 is 0 Å². The van der Waals surface area contributed by atoms with E-state index in [2.05, 4.69) is 65.1 Å². The third kappa shape index (κ3) is 5.97. The molecule has 0 spiro atoms. The van der Waals surface area contributed by atoms with Gasteiger partial charge in [-0.15, -0.1) is 0 Å². The zero-order chi connectivity index (χ0) is 15.2. The maximum absolute atomic E-state index is 6.39. The van der Waals surface area contributed by atoms with Gasteiger partial charge in [-0.05, 0) is 56.7 Å². The molecule has 1 aliphatic carbocycles. The van der Waals surface area contributed by atoms with Crippen molar-refractivity contribution < 1.29 is 4.43 Å². The molecule has 0 aromatic rings. The summed E-state index contributed by atoms with van der Waals surface area (Å²) < 4.78 is 6.39. The summed E-state index contributed by atoms with van der Waals surface area (Å²) in [6, 6.07) is 0. The van der Waals surface area contributed by atoms with E-state index >= 15 is 0 Å². The van der Waals surface area contributed by atoms with E-state index in [1.165, 1.54) is 25.7 Å². The summed E-state index contributed by atoms with van der Waals surface area (Å²) in [7, 11) is -1.61. The number of rotatable bonds is 5. The Morgan fingerprint density at radius 2 is 2.00 bits per heavy atom. The molecule has 1 rings (SSSR count). The molecule has 2 atom stereocenters. The standard InChI is InChI=1S/C18H34OSi/c1-16(19-20(5,6)18(2,3)4)12-11-15-17-13-9-7-8-10-14-17/h9,11,13,15-17H,7-8,10,12,14H2,1-6H3/b15-11+/t16-,17+/m1/s1. The van der Waals surface area contributed by atoms with Crippen molar-refractivity contribution in [1.82, 2.24) is 0 Å². The third-order valence-electron chi connectivity index (χ3n) is 4.69. The van der Waals surface area contributed by atoms with E-state index < -0.39 is 8.32 Å². The molecule has 0 aromatic carbocycles. The van der Waals surface area contributed by atoms with Gasteiger partial charge < -0.3 is 4.43 Å². The van der Waals surface area contributed by atoms with Crippen molar-refractivity contribution in [2.45, 2.75) is 84.0 Å². The maximum Gasteiger partial charge on any atom is 0.192 e. The Bertz CT molecular complexity index is 336. The summed E-state index contributed by atoms with van der Waals surface area (Å²) >= 11 is 0. The Morgan fingerprint density at radius 1 is 1.30 bits per heavy atom. The van der Waals surface area contributed by atoms with Crippen LogP contribution in [-0.2, 0) is 4.43 Å². The average molecular weight is 295 g/mol. The summed E-state index contributed by atoms with van der Waals surface area (Å²) in [6.45, 7) is 13.8. The maximum atomic E-state index is 6.39. The SMILES string of the molecule is C[C@H](C/C=C/[C@H]1C=CCCCC1)O[Si](C)(C)C(C)(C)C. The molecule has 0 heterocycles. The average Bonchev–Trinajstić information content (AvgIpc) is 2.55. The van der Waals surface area contributed by atoms with Gasteiger partial charge in [0.1, 0.15) is 0 Å². The van der Waals surface area contributed by atoms with Crippen LogP contribution in [0, 0.1) is 5.92 Å². The van der Waals surface area contributed by atoms with Crippen molar-refractivity contribution in [3.8, 4) is 0 Å². The predicted octanol–water partition coefficient (Wildman–Crippen LogP) is 6.09. The molecule has 20 heavy (non-hydrogen) atoms. The van der Waals surface area contributed by atoms with E-state index in [-0.39, 0.29) is 0 Å². The molecule has 0 aliphatic heterocycles. The van der Waals surface area contributed by atoms with Crippen LogP contribution in [0.5, 0.6) is 0 Å². The largest absolute Gasteiger partial charge is 0.414 e. The van der Waals surface area contributed by atoms with Crippen LogP contribution in [0.4, 0.5) is 0 Å². The highest BCUT2D eigenvalue weighted by atomic mass is 28.4. The minimum atomic E-state index is -1.61. The van der Waals surface area contributed by atoms with Crippen molar-refractivity contribution in [3.63, 3.8) is 0 Å². The summed E-state index contributed by atoms with van der Waals surface area (Å²) in [6.07, 6.45) is 16.1. The number of hydrogen-bond acceptors (Lipinski definition) is 1. The normalized spacial score (nSPS) is 23.0. The number of allylic oxidation sites excluding steroid dienone is 3.